The molecule has 2 fully saturated rings. The normalized spacial score (nSPS) is 46.5. The lowest BCUT2D eigenvalue weighted by Gasteiger charge is -2.57. The summed E-state index contributed by atoms with van der Waals surface area (Å²) in [5.41, 5.74) is -2.53. The van der Waals surface area contributed by atoms with Gasteiger partial charge in [0.25, 0.3) is 0 Å². The minimum Gasteiger partial charge on any atom is -0.451 e. The molecule has 3 N–H and O–H groups in total. The van der Waals surface area contributed by atoms with E-state index in [1.54, 1.807) is 39.0 Å². The average molecular weight is 445 g/mol. The lowest BCUT2D eigenvalue weighted by atomic mass is 9.46. The van der Waals surface area contributed by atoms with Crippen molar-refractivity contribution in [3.63, 3.8) is 0 Å². The quantitative estimate of drug-likeness (QED) is 0.351. The van der Waals surface area contributed by atoms with E-state index < -0.39 is 35.8 Å². The summed E-state index contributed by atoms with van der Waals surface area (Å²) in [4.78, 5) is 27.1. The van der Waals surface area contributed by atoms with Gasteiger partial charge in [0.2, 0.25) is 0 Å². The molecule has 0 radical (unpaired) electrons. The van der Waals surface area contributed by atoms with E-state index in [0.717, 1.165) is 6.42 Å². The zero-order chi connectivity index (χ0) is 23.8. The number of esters is 1. The number of rotatable bonds is 3. The van der Waals surface area contributed by atoms with Gasteiger partial charge in [-0.15, -0.1) is 0 Å². The van der Waals surface area contributed by atoms with E-state index in [-0.39, 0.29) is 34.5 Å². The maximum atomic E-state index is 14.4. The van der Waals surface area contributed by atoms with Gasteiger partial charge in [-0.2, -0.15) is 0 Å². The van der Waals surface area contributed by atoms with Crippen molar-refractivity contribution < 1.29 is 29.6 Å². The number of ketones is 1. The highest BCUT2D eigenvalue weighted by molar-refractivity contribution is 5.95. The van der Waals surface area contributed by atoms with Crippen LogP contribution in [-0.2, 0) is 14.3 Å². The van der Waals surface area contributed by atoms with Crippen LogP contribution < -0.4 is 0 Å². The second kappa shape index (κ2) is 7.37. The molecule has 0 aromatic carbocycles. The number of carbonyl (C=O) groups excluding carboxylic acids is 2. The Hall–Kier alpha value is -1.76. The third-order valence-electron chi connectivity index (χ3n) is 9.29. The van der Waals surface area contributed by atoms with Crippen LogP contribution in [0.4, 0.5) is 0 Å². The smallest absolute Gasteiger partial charge is 0.334 e. The molecule has 0 aromatic rings. The Morgan fingerprint density at radius 1 is 1.34 bits per heavy atom. The monoisotopic (exact) mass is 444 g/mol. The lowest BCUT2D eigenvalue weighted by molar-refractivity contribution is -0.203. The molecule has 2 saturated carbocycles. The van der Waals surface area contributed by atoms with E-state index in [0.29, 0.717) is 23.5 Å². The van der Waals surface area contributed by atoms with Crippen LogP contribution in [0.25, 0.3) is 0 Å². The summed E-state index contributed by atoms with van der Waals surface area (Å²) in [5.74, 6) is -0.829. The van der Waals surface area contributed by atoms with E-state index in [2.05, 4.69) is 13.8 Å². The van der Waals surface area contributed by atoms with Crippen LogP contribution in [-0.4, -0.2) is 51.5 Å². The predicted octanol–water partition coefficient (Wildman–Crippen LogP) is 2.72. The van der Waals surface area contributed by atoms with Crippen LogP contribution in [0.15, 0.2) is 34.9 Å². The number of Topliss-reactive ketones (excluding diaryl/α,β-unsaturated/α-hetero) is 1. The van der Waals surface area contributed by atoms with Gasteiger partial charge in [0, 0.05) is 11.5 Å². The van der Waals surface area contributed by atoms with E-state index in [1.165, 1.54) is 0 Å². The molecule has 3 unspecified atom stereocenters. The van der Waals surface area contributed by atoms with Gasteiger partial charge >= 0.3 is 5.97 Å². The van der Waals surface area contributed by atoms with Gasteiger partial charge in [0.05, 0.1) is 12.0 Å². The molecule has 32 heavy (non-hydrogen) atoms. The highest BCUT2D eigenvalue weighted by Crippen LogP contribution is 2.70. The maximum Gasteiger partial charge on any atom is 0.334 e. The third kappa shape index (κ3) is 2.63. The summed E-state index contributed by atoms with van der Waals surface area (Å²) in [6.45, 7) is 10.8. The number of ether oxygens (including phenoxy) is 1. The largest absolute Gasteiger partial charge is 0.451 e. The second-order valence-corrected chi connectivity index (χ2v) is 11.0. The van der Waals surface area contributed by atoms with Crippen LogP contribution in [0.5, 0.6) is 0 Å². The van der Waals surface area contributed by atoms with E-state index in [1.807, 2.05) is 6.92 Å². The molecule has 6 heteroatoms. The van der Waals surface area contributed by atoms with Gasteiger partial charge in [-0.1, -0.05) is 39.0 Å². The number of aliphatic hydroxyl groups is 3. The zero-order valence-corrected chi connectivity index (χ0v) is 19.9. The summed E-state index contributed by atoms with van der Waals surface area (Å²) >= 11 is 0. The number of carbonyl (C=O) groups is 2. The molecule has 4 aliphatic carbocycles. The van der Waals surface area contributed by atoms with E-state index in [9.17, 15) is 24.9 Å². The first-order chi connectivity index (χ1) is 14.9. The van der Waals surface area contributed by atoms with Crippen LogP contribution >= 0.6 is 0 Å². The Morgan fingerprint density at radius 2 is 2.00 bits per heavy atom. The SMILES string of the molecule is C/C=C(/C)C(=O)O[C@H]1C(C)=CC23C(=O)C4C(C/C=C(/CO)[C@@H](O)[C@]12O)[C@@H](C[C@H]3C)C4(C)C. The molecular weight excluding hydrogens is 408 g/mol. The number of allylic oxidation sites excluding steroid dienone is 2. The minimum absolute atomic E-state index is 0.0801. The van der Waals surface area contributed by atoms with Crippen LogP contribution in [0.2, 0.25) is 0 Å². The molecule has 0 aliphatic heterocycles. The lowest BCUT2D eigenvalue weighted by Crippen LogP contribution is -2.67. The van der Waals surface area contributed by atoms with Crippen molar-refractivity contribution in [1.82, 2.24) is 0 Å². The summed E-state index contributed by atoms with van der Waals surface area (Å²) in [5, 5.41) is 34.0. The third-order valence-corrected chi connectivity index (χ3v) is 9.29. The summed E-state index contributed by atoms with van der Waals surface area (Å²) in [6, 6.07) is 0. The van der Waals surface area contributed by atoms with Crippen molar-refractivity contribution in [2.24, 2.45) is 34.5 Å². The highest BCUT2D eigenvalue weighted by atomic mass is 16.6. The summed E-state index contributed by atoms with van der Waals surface area (Å²) in [7, 11) is 0. The van der Waals surface area contributed by atoms with Gasteiger partial charge in [0.15, 0.2) is 11.7 Å². The van der Waals surface area contributed by atoms with Crippen molar-refractivity contribution >= 4 is 11.8 Å². The number of aliphatic hydroxyl groups excluding tert-OH is 2. The van der Waals surface area contributed by atoms with Crippen LogP contribution in [0.1, 0.15) is 54.4 Å². The van der Waals surface area contributed by atoms with E-state index >= 15 is 0 Å². The minimum atomic E-state index is -2.10. The molecule has 4 aliphatic rings. The van der Waals surface area contributed by atoms with Gasteiger partial charge < -0.3 is 20.1 Å². The predicted molar refractivity (Wildman–Crippen MR) is 119 cm³/mol. The maximum absolute atomic E-state index is 14.4. The second-order valence-electron chi connectivity index (χ2n) is 11.0. The standard InChI is InChI=1S/C26H36O6/c1-7-13(2)23(30)32-22-14(3)11-25-15(4)10-18-17(19(21(25)29)24(18,5)6)9-8-16(12-27)20(28)26(22,25)31/h7-8,11,15,17-20,22,27-28,31H,9-10,12H2,1-6H3/b13-7-,16-8-/t15-,17?,18-,19?,20-,22+,25?,26+/m1/s1. The molecule has 4 bridgehead atoms. The number of hydrogen-bond acceptors (Lipinski definition) is 6. The Bertz CT molecular complexity index is 942. The molecule has 0 aromatic heterocycles. The number of hydrogen-bond donors (Lipinski definition) is 3. The van der Waals surface area contributed by atoms with Gasteiger partial charge in [0.1, 0.15) is 11.9 Å². The van der Waals surface area contributed by atoms with Gasteiger partial charge in [-0.05, 0) is 67.9 Å². The van der Waals surface area contributed by atoms with Gasteiger partial charge in [-0.25, -0.2) is 4.79 Å². The summed E-state index contributed by atoms with van der Waals surface area (Å²) in [6.07, 6.45) is 3.73. The van der Waals surface area contributed by atoms with Crippen molar-refractivity contribution in [2.75, 3.05) is 6.61 Å². The molecule has 0 amide bonds. The first-order valence-corrected chi connectivity index (χ1v) is 11.7. The highest BCUT2D eigenvalue weighted by Gasteiger charge is 2.76. The molecule has 8 atom stereocenters. The fraction of sp³-hybridized carbons (Fsp3) is 0.692. The molecule has 0 saturated heterocycles. The fourth-order valence-corrected chi connectivity index (χ4v) is 7.45. The Kier molecular flexibility index (Phi) is 5.39. The van der Waals surface area contributed by atoms with Crippen molar-refractivity contribution in [1.29, 1.82) is 0 Å². The molecule has 4 rings (SSSR count). The Morgan fingerprint density at radius 3 is 2.59 bits per heavy atom. The average Bonchev–Trinajstić information content (AvgIpc) is 2.89. The van der Waals surface area contributed by atoms with Crippen molar-refractivity contribution in [2.45, 2.75) is 72.2 Å². The molecule has 176 valence electrons. The topological polar surface area (TPSA) is 104 Å². The van der Waals surface area contributed by atoms with E-state index in [4.69, 9.17) is 4.74 Å². The zero-order valence-electron chi connectivity index (χ0n) is 19.9. The Balaban J connectivity index is 1.96. The van der Waals surface area contributed by atoms with Crippen molar-refractivity contribution in [3.8, 4) is 0 Å². The van der Waals surface area contributed by atoms with Crippen LogP contribution in [0.3, 0.4) is 0 Å². The van der Waals surface area contributed by atoms with Crippen LogP contribution in [0, 0.1) is 34.5 Å². The first kappa shape index (κ1) is 23.4. The Labute approximate surface area is 190 Å². The molecule has 1 spiro atoms. The molecule has 0 heterocycles. The summed E-state index contributed by atoms with van der Waals surface area (Å²) < 4.78 is 5.79. The van der Waals surface area contributed by atoms with Crippen molar-refractivity contribution in [3.05, 3.63) is 34.9 Å². The fourth-order valence-electron chi connectivity index (χ4n) is 7.45. The molecule has 6 nitrogen and oxygen atoms in total. The molecular formula is C26H36O6. The first-order valence-electron chi connectivity index (χ1n) is 11.7. The van der Waals surface area contributed by atoms with Gasteiger partial charge in [-0.3, -0.25) is 4.79 Å².